The molecular formula is C25H32FN5O4. The minimum absolute atomic E-state index is 0.0275. The van der Waals surface area contributed by atoms with Gasteiger partial charge in [-0.3, -0.25) is 14.4 Å². The number of rotatable bonds is 6. The zero-order valence-electron chi connectivity index (χ0n) is 20.3. The van der Waals surface area contributed by atoms with Crippen molar-refractivity contribution in [1.29, 1.82) is 0 Å². The predicted octanol–water partition coefficient (Wildman–Crippen LogP) is 2.80. The molecule has 1 aromatic heterocycles. The van der Waals surface area contributed by atoms with Crippen molar-refractivity contribution in [3.8, 4) is 5.69 Å². The van der Waals surface area contributed by atoms with E-state index in [0.29, 0.717) is 55.5 Å². The number of hydrogen-bond donors (Lipinski definition) is 3. The average Bonchev–Trinajstić information content (AvgIpc) is 3.09. The number of ether oxygens (including phenoxy) is 1. The number of ketones is 1. The molecule has 0 atom stereocenters. The Bertz CT molecular complexity index is 1180. The summed E-state index contributed by atoms with van der Waals surface area (Å²) in [5.41, 5.74) is 13.0. The lowest BCUT2D eigenvalue weighted by Crippen LogP contribution is -2.33. The number of esters is 1. The van der Waals surface area contributed by atoms with E-state index in [0.717, 1.165) is 5.69 Å². The van der Waals surface area contributed by atoms with Gasteiger partial charge in [0.05, 0.1) is 40.4 Å². The van der Waals surface area contributed by atoms with E-state index in [1.165, 1.54) is 6.07 Å². The third-order valence-electron chi connectivity index (χ3n) is 6.78. The number of halogens is 1. The maximum atomic E-state index is 15.2. The second-order valence-electron chi connectivity index (χ2n) is 10.3. The fourth-order valence-corrected chi connectivity index (χ4v) is 5.21. The van der Waals surface area contributed by atoms with Crippen LogP contribution >= 0.6 is 0 Å². The Kier molecular flexibility index (Phi) is 6.68. The molecular weight excluding hydrogens is 453 g/mol. The van der Waals surface area contributed by atoms with Crippen molar-refractivity contribution in [2.45, 2.75) is 71.4 Å². The Morgan fingerprint density at radius 2 is 1.91 bits per heavy atom. The van der Waals surface area contributed by atoms with Gasteiger partial charge in [0, 0.05) is 18.5 Å². The zero-order valence-corrected chi connectivity index (χ0v) is 20.3. The normalized spacial score (nSPS) is 21.3. The van der Waals surface area contributed by atoms with Crippen LogP contribution in [0.4, 0.5) is 10.1 Å². The van der Waals surface area contributed by atoms with Crippen LogP contribution in [0.25, 0.3) is 5.69 Å². The Balaban J connectivity index is 1.65. The number of nitrogens with one attached hydrogen (secondary N) is 1. The smallest absolute Gasteiger partial charge is 0.319 e. The van der Waals surface area contributed by atoms with Gasteiger partial charge >= 0.3 is 5.97 Å². The van der Waals surface area contributed by atoms with Gasteiger partial charge in [0.25, 0.3) is 5.91 Å². The van der Waals surface area contributed by atoms with E-state index in [9.17, 15) is 14.4 Å². The Labute approximate surface area is 203 Å². The van der Waals surface area contributed by atoms with Crippen LogP contribution in [0.15, 0.2) is 12.1 Å². The number of carbonyl (C=O) groups excluding carboxylic acids is 3. The van der Waals surface area contributed by atoms with Gasteiger partial charge in [0.1, 0.15) is 11.9 Å². The molecule has 2 aliphatic carbocycles. The van der Waals surface area contributed by atoms with Crippen molar-refractivity contribution < 1.29 is 23.5 Å². The molecule has 10 heteroatoms. The second-order valence-corrected chi connectivity index (χ2v) is 10.3. The van der Waals surface area contributed by atoms with E-state index in [4.69, 9.17) is 16.2 Å². The molecule has 0 bridgehead atoms. The number of fused-ring (bicyclic) bond motifs is 1. The fraction of sp³-hybridized carbons (Fsp3) is 0.520. The van der Waals surface area contributed by atoms with Crippen molar-refractivity contribution in [3.05, 3.63) is 40.5 Å². The second kappa shape index (κ2) is 9.41. The van der Waals surface area contributed by atoms with Crippen LogP contribution in [0.5, 0.6) is 0 Å². The highest BCUT2D eigenvalue weighted by Gasteiger charge is 2.36. The van der Waals surface area contributed by atoms with E-state index in [1.807, 2.05) is 13.8 Å². The molecule has 9 nitrogen and oxygen atoms in total. The van der Waals surface area contributed by atoms with Gasteiger partial charge in [0.2, 0.25) is 0 Å². The summed E-state index contributed by atoms with van der Waals surface area (Å²) in [5.74, 6) is -2.05. The third-order valence-corrected chi connectivity index (χ3v) is 6.78. The number of nitrogens with zero attached hydrogens (tertiary/aromatic N) is 2. The first-order chi connectivity index (χ1) is 16.5. The van der Waals surface area contributed by atoms with Crippen LogP contribution in [0.1, 0.15) is 78.1 Å². The van der Waals surface area contributed by atoms with E-state index in [-0.39, 0.29) is 41.1 Å². The van der Waals surface area contributed by atoms with Crippen LogP contribution in [0, 0.1) is 18.2 Å². The molecule has 188 valence electrons. The summed E-state index contributed by atoms with van der Waals surface area (Å²) >= 11 is 0. The van der Waals surface area contributed by atoms with Gasteiger partial charge in [-0.1, -0.05) is 13.8 Å². The van der Waals surface area contributed by atoms with Crippen molar-refractivity contribution in [1.82, 2.24) is 9.78 Å². The molecule has 2 aliphatic rings. The molecule has 4 rings (SSSR count). The van der Waals surface area contributed by atoms with Gasteiger partial charge in [-0.15, -0.1) is 0 Å². The number of primary amides is 1. The summed E-state index contributed by atoms with van der Waals surface area (Å²) in [6.07, 6.45) is 3.40. The van der Waals surface area contributed by atoms with E-state index in [2.05, 4.69) is 10.4 Å². The number of aromatic nitrogens is 2. The van der Waals surface area contributed by atoms with Gasteiger partial charge in [0.15, 0.2) is 5.78 Å². The quantitative estimate of drug-likeness (QED) is 0.534. The molecule has 0 spiro atoms. The summed E-state index contributed by atoms with van der Waals surface area (Å²) < 4.78 is 22.1. The summed E-state index contributed by atoms with van der Waals surface area (Å²) in [7, 11) is 0. The number of hydrogen-bond acceptors (Lipinski definition) is 7. The molecule has 0 unspecified atom stereocenters. The maximum Gasteiger partial charge on any atom is 0.319 e. The Hall–Kier alpha value is -3.27. The van der Waals surface area contributed by atoms with Gasteiger partial charge in [-0.05, 0) is 50.5 Å². The van der Waals surface area contributed by atoms with Crippen LogP contribution in [-0.2, 0) is 16.0 Å². The first kappa shape index (κ1) is 24.8. The highest BCUT2D eigenvalue weighted by atomic mass is 19.1. The topological polar surface area (TPSA) is 142 Å². The number of carbonyl (C=O) groups is 3. The molecule has 1 aromatic carbocycles. The lowest BCUT2D eigenvalue weighted by molar-refractivity contribution is -0.148. The molecule has 1 saturated carbocycles. The number of aryl methyl sites for hydroxylation is 1. The molecule has 1 heterocycles. The largest absolute Gasteiger partial charge is 0.461 e. The SMILES string of the molecule is Cc1nn(-c2cc(F)c(C(N)=O)c(NC3CCC(OC(=O)CN)CC3)c2)c2c1C(=O)CC(C)(C)C2. The summed E-state index contributed by atoms with van der Waals surface area (Å²) in [4.78, 5) is 36.4. The molecule has 1 fully saturated rings. The Morgan fingerprint density at radius 3 is 2.54 bits per heavy atom. The van der Waals surface area contributed by atoms with E-state index >= 15 is 4.39 Å². The number of Topliss-reactive ketones (excluding diaryl/α,β-unsaturated/α-hetero) is 1. The average molecular weight is 486 g/mol. The summed E-state index contributed by atoms with van der Waals surface area (Å²) in [6.45, 7) is 5.65. The number of amides is 1. The van der Waals surface area contributed by atoms with Crippen LogP contribution in [-0.4, -0.2) is 46.1 Å². The van der Waals surface area contributed by atoms with Crippen molar-refractivity contribution in [3.63, 3.8) is 0 Å². The molecule has 5 N–H and O–H groups in total. The molecule has 2 aromatic rings. The Morgan fingerprint density at radius 1 is 1.23 bits per heavy atom. The standard InChI is InChI=1S/C25H32FN5O4/c1-13-22-19(10-25(2,3)11-20(22)32)31(30-13)15-8-17(26)23(24(28)34)18(9-15)29-14-4-6-16(7-5-14)35-21(33)12-27/h8-9,14,16,29H,4-7,10-12,27H2,1-3H3,(H2,28,34). The first-order valence-electron chi connectivity index (χ1n) is 11.9. The first-order valence-corrected chi connectivity index (χ1v) is 11.9. The van der Waals surface area contributed by atoms with Gasteiger partial charge in [-0.25, -0.2) is 9.07 Å². The molecule has 0 aliphatic heterocycles. The zero-order chi connectivity index (χ0) is 25.5. The van der Waals surface area contributed by atoms with Crippen LogP contribution in [0.2, 0.25) is 0 Å². The lowest BCUT2D eigenvalue weighted by atomic mass is 9.75. The highest BCUT2D eigenvalue weighted by molar-refractivity contribution is 6.00. The number of benzene rings is 1. The lowest BCUT2D eigenvalue weighted by Gasteiger charge is -2.30. The molecule has 0 radical (unpaired) electrons. The third kappa shape index (κ3) is 5.07. The van der Waals surface area contributed by atoms with Gasteiger partial charge < -0.3 is 21.5 Å². The fourth-order valence-electron chi connectivity index (χ4n) is 5.21. The minimum atomic E-state index is -0.878. The van der Waals surface area contributed by atoms with Crippen molar-refractivity contribution in [2.75, 3.05) is 11.9 Å². The molecule has 35 heavy (non-hydrogen) atoms. The monoisotopic (exact) mass is 485 g/mol. The highest BCUT2D eigenvalue weighted by Crippen LogP contribution is 2.38. The minimum Gasteiger partial charge on any atom is -0.461 e. The number of anilines is 1. The summed E-state index contributed by atoms with van der Waals surface area (Å²) in [6, 6.07) is 2.82. The van der Waals surface area contributed by atoms with Crippen molar-refractivity contribution in [2.24, 2.45) is 16.9 Å². The van der Waals surface area contributed by atoms with Crippen LogP contribution < -0.4 is 16.8 Å². The van der Waals surface area contributed by atoms with Crippen LogP contribution in [0.3, 0.4) is 0 Å². The van der Waals surface area contributed by atoms with Crippen molar-refractivity contribution >= 4 is 23.3 Å². The molecule has 1 amide bonds. The summed E-state index contributed by atoms with van der Waals surface area (Å²) in [5, 5.41) is 7.82. The maximum absolute atomic E-state index is 15.2. The van der Waals surface area contributed by atoms with E-state index in [1.54, 1.807) is 17.7 Å². The predicted molar refractivity (Wildman–Crippen MR) is 128 cm³/mol. The van der Waals surface area contributed by atoms with Gasteiger partial charge in [-0.2, -0.15) is 5.10 Å². The molecule has 0 saturated heterocycles. The van der Waals surface area contributed by atoms with E-state index < -0.39 is 17.7 Å². The number of nitrogens with two attached hydrogens (primary N) is 2.